The zero-order valence-corrected chi connectivity index (χ0v) is 13.9. The van der Waals surface area contributed by atoms with E-state index in [-0.39, 0.29) is 6.04 Å². The van der Waals surface area contributed by atoms with Gasteiger partial charge in [-0.2, -0.15) is 0 Å². The van der Waals surface area contributed by atoms with Crippen LogP contribution in [0.3, 0.4) is 0 Å². The van der Waals surface area contributed by atoms with Crippen molar-refractivity contribution in [2.75, 3.05) is 0 Å². The van der Waals surface area contributed by atoms with E-state index in [0.29, 0.717) is 24.5 Å². The molecule has 1 aliphatic rings. The Morgan fingerprint density at radius 1 is 1.41 bits per heavy atom. The van der Waals surface area contributed by atoms with E-state index in [4.69, 9.17) is 10.5 Å². The third-order valence-electron chi connectivity index (χ3n) is 3.92. The predicted octanol–water partition coefficient (Wildman–Crippen LogP) is 2.85. The van der Waals surface area contributed by atoms with Gasteiger partial charge in [0.1, 0.15) is 6.10 Å². The van der Waals surface area contributed by atoms with Crippen LogP contribution >= 0.6 is 0 Å². The summed E-state index contributed by atoms with van der Waals surface area (Å²) < 4.78 is 6.01. The fourth-order valence-electron chi connectivity index (χ4n) is 2.65. The molecular formula is C17H28N4O. The molecule has 2 rings (SSSR count). The Bertz CT molecular complexity index is 493. The average molecular weight is 304 g/mol. The molecule has 0 bridgehead atoms. The van der Waals surface area contributed by atoms with Crippen molar-refractivity contribution in [3.63, 3.8) is 0 Å². The smallest absolute Gasteiger partial charge is 0.213 e. The minimum Gasteiger partial charge on any atom is -0.474 e. The largest absolute Gasteiger partial charge is 0.474 e. The van der Waals surface area contributed by atoms with Gasteiger partial charge in [-0.3, -0.25) is 0 Å². The highest BCUT2D eigenvalue weighted by atomic mass is 16.5. The van der Waals surface area contributed by atoms with Crippen LogP contribution in [0, 0.1) is 5.92 Å². The van der Waals surface area contributed by atoms with Gasteiger partial charge in [0.25, 0.3) is 0 Å². The highest BCUT2D eigenvalue weighted by Crippen LogP contribution is 2.26. The molecule has 122 valence electrons. The van der Waals surface area contributed by atoms with Crippen molar-refractivity contribution < 1.29 is 4.74 Å². The van der Waals surface area contributed by atoms with Gasteiger partial charge in [-0.25, -0.2) is 9.98 Å². The van der Waals surface area contributed by atoms with Crippen LogP contribution in [0.25, 0.3) is 0 Å². The molecule has 1 aliphatic carbocycles. The number of hydrogen-bond acceptors (Lipinski definition) is 3. The first-order chi connectivity index (χ1) is 10.5. The third-order valence-corrected chi connectivity index (χ3v) is 3.92. The van der Waals surface area contributed by atoms with Crippen LogP contribution in [0.2, 0.25) is 0 Å². The number of rotatable bonds is 5. The number of hydrogen-bond donors (Lipinski definition) is 2. The van der Waals surface area contributed by atoms with Crippen molar-refractivity contribution in [3.8, 4) is 5.88 Å². The van der Waals surface area contributed by atoms with E-state index in [1.807, 2.05) is 26.0 Å². The summed E-state index contributed by atoms with van der Waals surface area (Å²) in [5, 5.41) is 3.08. The van der Waals surface area contributed by atoms with Gasteiger partial charge in [0.15, 0.2) is 5.96 Å². The minimum absolute atomic E-state index is 0.286. The number of aromatic nitrogens is 1. The van der Waals surface area contributed by atoms with Gasteiger partial charge >= 0.3 is 0 Å². The second kappa shape index (κ2) is 8.01. The maximum atomic E-state index is 6.01. The molecule has 1 aromatic heterocycles. The zero-order chi connectivity index (χ0) is 15.9. The predicted molar refractivity (Wildman–Crippen MR) is 89.9 cm³/mol. The molecule has 0 unspecified atom stereocenters. The minimum atomic E-state index is 0.286. The summed E-state index contributed by atoms with van der Waals surface area (Å²) in [6.07, 6.45) is 6.80. The molecule has 5 nitrogen and oxygen atoms in total. The molecule has 1 fully saturated rings. The number of aliphatic imine (C=N–C) groups is 1. The summed E-state index contributed by atoms with van der Waals surface area (Å²) in [7, 11) is 0. The van der Waals surface area contributed by atoms with Crippen LogP contribution in [0.5, 0.6) is 5.88 Å². The Balaban J connectivity index is 1.89. The maximum absolute atomic E-state index is 6.01. The van der Waals surface area contributed by atoms with Crippen LogP contribution in [0.4, 0.5) is 0 Å². The van der Waals surface area contributed by atoms with Gasteiger partial charge in [0.05, 0.1) is 6.54 Å². The molecule has 5 heteroatoms. The molecule has 0 aromatic carbocycles. The van der Waals surface area contributed by atoms with E-state index < -0.39 is 0 Å². The van der Waals surface area contributed by atoms with Crippen molar-refractivity contribution in [2.45, 2.75) is 65.1 Å². The Morgan fingerprint density at radius 3 is 2.82 bits per heavy atom. The van der Waals surface area contributed by atoms with E-state index in [1.54, 1.807) is 6.20 Å². The molecule has 1 saturated carbocycles. The third kappa shape index (κ3) is 5.54. The Morgan fingerprint density at radius 2 is 2.14 bits per heavy atom. The normalized spacial score (nSPS) is 22.6. The lowest BCUT2D eigenvalue weighted by Gasteiger charge is -2.26. The number of nitrogens with one attached hydrogen (secondary N) is 1. The highest BCUT2D eigenvalue weighted by Gasteiger charge is 2.19. The number of nitrogens with two attached hydrogens (primary N) is 1. The lowest BCUT2D eigenvalue weighted by molar-refractivity contribution is 0.130. The molecule has 22 heavy (non-hydrogen) atoms. The fourth-order valence-corrected chi connectivity index (χ4v) is 2.65. The van der Waals surface area contributed by atoms with Gasteiger partial charge in [-0.15, -0.1) is 0 Å². The van der Waals surface area contributed by atoms with Crippen molar-refractivity contribution >= 4 is 5.96 Å². The van der Waals surface area contributed by atoms with E-state index in [9.17, 15) is 0 Å². The van der Waals surface area contributed by atoms with Gasteiger partial charge in [0, 0.05) is 18.3 Å². The van der Waals surface area contributed by atoms with Crippen LogP contribution in [-0.4, -0.2) is 23.1 Å². The lowest BCUT2D eigenvalue weighted by atomic mass is 9.89. The number of ether oxygens (including phenoxy) is 1. The summed E-state index contributed by atoms with van der Waals surface area (Å²) in [4.78, 5) is 8.64. The summed E-state index contributed by atoms with van der Waals surface area (Å²) in [5.41, 5.74) is 6.87. The lowest BCUT2D eigenvalue weighted by Crippen LogP contribution is -2.36. The molecule has 0 aliphatic heterocycles. The summed E-state index contributed by atoms with van der Waals surface area (Å²) in [6.45, 7) is 6.91. The molecule has 0 spiro atoms. The van der Waals surface area contributed by atoms with Crippen LogP contribution in [-0.2, 0) is 6.54 Å². The standard InChI is InChI=1S/C17H28N4O/c1-12(2)21-17(18)20-11-14-8-9-19-16(10-14)22-15-6-4-13(3)5-7-15/h8-10,12-13,15H,4-7,11H2,1-3H3,(H3,18,20,21). The monoisotopic (exact) mass is 304 g/mol. The van der Waals surface area contributed by atoms with Crippen molar-refractivity contribution in [1.29, 1.82) is 0 Å². The summed E-state index contributed by atoms with van der Waals surface area (Å²) >= 11 is 0. The Labute approximate surface area is 133 Å². The van der Waals surface area contributed by atoms with E-state index in [2.05, 4.69) is 22.2 Å². The zero-order valence-electron chi connectivity index (χ0n) is 13.9. The first kappa shape index (κ1) is 16.6. The second-order valence-electron chi connectivity index (χ2n) is 6.50. The average Bonchev–Trinajstić information content (AvgIpc) is 2.47. The first-order valence-electron chi connectivity index (χ1n) is 8.21. The molecule has 0 radical (unpaired) electrons. The van der Waals surface area contributed by atoms with E-state index >= 15 is 0 Å². The molecule has 3 N–H and O–H groups in total. The van der Waals surface area contributed by atoms with E-state index in [0.717, 1.165) is 24.3 Å². The molecular weight excluding hydrogens is 276 g/mol. The van der Waals surface area contributed by atoms with Gasteiger partial charge in [-0.05, 0) is 57.1 Å². The van der Waals surface area contributed by atoms with Gasteiger partial charge in [-0.1, -0.05) is 6.92 Å². The van der Waals surface area contributed by atoms with Gasteiger partial charge in [0.2, 0.25) is 5.88 Å². The summed E-state index contributed by atoms with van der Waals surface area (Å²) in [5.74, 6) is 1.99. The topological polar surface area (TPSA) is 72.5 Å². The maximum Gasteiger partial charge on any atom is 0.213 e. The Kier molecular flexibility index (Phi) is 6.04. The van der Waals surface area contributed by atoms with Crippen molar-refractivity contribution in [3.05, 3.63) is 23.9 Å². The van der Waals surface area contributed by atoms with Crippen molar-refractivity contribution in [2.24, 2.45) is 16.6 Å². The van der Waals surface area contributed by atoms with Crippen molar-refractivity contribution in [1.82, 2.24) is 10.3 Å². The molecule has 0 amide bonds. The quantitative estimate of drug-likeness (QED) is 0.648. The summed E-state index contributed by atoms with van der Waals surface area (Å²) in [6, 6.07) is 4.19. The van der Waals surface area contributed by atoms with Gasteiger partial charge < -0.3 is 15.8 Å². The number of nitrogens with zero attached hydrogens (tertiary/aromatic N) is 2. The molecule has 0 atom stereocenters. The second-order valence-corrected chi connectivity index (χ2v) is 6.50. The number of guanidine groups is 1. The Hall–Kier alpha value is -1.78. The SMILES string of the molecule is CC1CCC(Oc2cc(CN=C(N)NC(C)C)ccn2)CC1. The van der Waals surface area contributed by atoms with Crippen LogP contribution < -0.4 is 15.8 Å². The molecule has 1 aromatic rings. The van der Waals surface area contributed by atoms with Crippen LogP contribution in [0.15, 0.2) is 23.3 Å². The molecule has 1 heterocycles. The van der Waals surface area contributed by atoms with E-state index in [1.165, 1.54) is 12.8 Å². The fraction of sp³-hybridized carbons (Fsp3) is 0.647. The number of pyridine rings is 1. The first-order valence-corrected chi connectivity index (χ1v) is 8.21. The highest BCUT2D eigenvalue weighted by molar-refractivity contribution is 5.78. The van der Waals surface area contributed by atoms with Crippen LogP contribution in [0.1, 0.15) is 52.0 Å². The molecule has 0 saturated heterocycles.